The van der Waals surface area contributed by atoms with Crippen molar-refractivity contribution in [2.45, 2.75) is 52.0 Å². The van der Waals surface area contributed by atoms with E-state index in [4.69, 9.17) is 0 Å². The number of thioether (sulfide) groups is 1. The SMILES string of the molecule is CC(C)c1ccc(NC2CCSC2)c(C(C)C)c1. The summed E-state index contributed by atoms with van der Waals surface area (Å²) in [6, 6.07) is 7.62. The Bertz CT molecular complexity index is 392. The van der Waals surface area contributed by atoms with Crippen molar-refractivity contribution >= 4 is 17.4 Å². The fraction of sp³-hybridized carbons (Fsp3) is 0.625. The number of hydrogen-bond acceptors (Lipinski definition) is 2. The molecule has 1 unspecified atom stereocenters. The van der Waals surface area contributed by atoms with Gasteiger partial charge in [-0.2, -0.15) is 11.8 Å². The lowest BCUT2D eigenvalue weighted by Gasteiger charge is -2.20. The monoisotopic (exact) mass is 263 g/mol. The van der Waals surface area contributed by atoms with Crippen LogP contribution in [0.5, 0.6) is 0 Å². The van der Waals surface area contributed by atoms with E-state index in [1.165, 1.54) is 34.7 Å². The normalized spacial score (nSPS) is 19.8. The molecule has 1 fully saturated rings. The van der Waals surface area contributed by atoms with Crippen LogP contribution < -0.4 is 5.32 Å². The van der Waals surface area contributed by atoms with Gasteiger partial charge in [-0.05, 0) is 41.2 Å². The number of benzene rings is 1. The standard InChI is InChI=1S/C16H25NS/c1-11(2)13-5-6-16(15(9-13)12(3)4)17-14-7-8-18-10-14/h5-6,9,11-12,14,17H,7-8,10H2,1-4H3. The Labute approximate surface area is 116 Å². The summed E-state index contributed by atoms with van der Waals surface area (Å²) in [6.07, 6.45) is 1.30. The summed E-state index contributed by atoms with van der Waals surface area (Å²) in [5.74, 6) is 3.75. The Kier molecular flexibility index (Phi) is 4.60. The minimum Gasteiger partial charge on any atom is -0.381 e. The number of rotatable bonds is 4. The highest BCUT2D eigenvalue weighted by Crippen LogP contribution is 2.30. The molecule has 1 N–H and O–H groups in total. The highest BCUT2D eigenvalue weighted by Gasteiger charge is 2.17. The second kappa shape index (κ2) is 6.01. The second-order valence-electron chi connectivity index (χ2n) is 5.86. The van der Waals surface area contributed by atoms with Gasteiger partial charge in [0.25, 0.3) is 0 Å². The van der Waals surface area contributed by atoms with Crippen molar-refractivity contribution in [3.05, 3.63) is 29.3 Å². The maximum Gasteiger partial charge on any atom is 0.0377 e. The zero-order chi connectivity index (χ0) is 13.1. The lowest BCUT2D eigenvalue weighted by atomic mass is 9.94. The van der Waals surface area contributed by atoms with Crippen LogP contribution in [-0.4, -0.2) is 17.5 Å². The lowest BCUT2D eigenvalue weighted by molar-refractivity contribution is 0.795. The molecule has 0 bridgehead atoms. The van der Waals surface area contributed by atoms with Gasteiger partial charge in [0.15, 0.2) is 0 Å². The molecule has 0 saturated carbocycles. The van der Waals surface area contributed by atoms with Gasteiger partial charge < -0.3 is 5.32 Å². The third-order valence-corrected chi connectivity index (χ3v) is 4.82. The van der Waals surface area contributed by atoms with Crippen LogP contribution in [0.4, 0.5) is 5.69 Å². The summed E-state index contributed by atoms with van der Waals surface area (Å²) >= 11 is 2.06. The molecule has 2 rings (SSSR count). The summed E-state index contributed by atoms with van der Waals surface area (Å²) in [5.41, 5.74) is 4.27. The average Bonchev–Trinajstić information content (AvgIpc) is 2.81. The smallest absolute Gasteiger partial charge is 0.0377 e. The van der Waals surface area contributed by atoms with Crippen molar-refractivity contribution in [1.82, 2.24) is 0 Å². The molecule has 0 aromatic heterocycles. The average molecular weight is 263 g/mol. The Balaban J connectivity index is 2.22. The molecule has 2 heteroatoms. The van der Waals surface area contributed by atoms with Crippen molar-refractivity contribution in [3.63, 3.8) is 0 Å². The maximum atomic E-state index is 3.74. The Hall–Kier alpha value is -0.630. The molecular formula is C16H25NS. The first-order valence-electron chi connectivity index (χ1n) is 7.06. The molecule has 1 aliphatic rings. The zero-order valence-electron chi connectivity index (χ0n) is 12.0. The Morgan fingerprint density at radius 1 is 1.17 bits per heavy atom. The predicted octanol–water partition coefficient (Wildman–Crippen LogP) is 4.85. The Morgan fingerprint density at radius 2 is 1.94 bits per heavy atom. The first-order valence-corrected chi connectivity index (χ1v) is 8.21. The fourth-order valence-corrected chi connectivity index (χ4v) is 3.57. The highest BCUT2D eigenvalue weighted by molar-refractivity contribution is 7.99. The van der Waals surface area contributed by atoms with Crippen molar-refractivity contribution in [3.8, 4) is 0 Å². The number of nitrogens with one attached hydrogen (secondary N) is 1. The van der Waals surface area contributed by atoms with Crippen molar-refractivity contribution in [2.24, 2.45) is 0 Å². The zero-order valence-corrected chi connectivity index (χ0v) is 12.8. The summed E-state index contributed by atoms with van der Waals surface area (Å²) < 4.78 is 0. The molecule has 18 heavy (non-hydrogen) atoms. The van der Waals surface area contributed by atoms with Gasteiger partial charge in [-0.3, -0.25) is 0 Å². The molecular weight excluding hydrogens is 238 g/mol. The van der Waals surface area contributed by atoms with Crippen LogP contribution in [0, 0.1) is 0 Å². The highest BCUT2D eigenvalue weighted by atomic mass is 32.2. The first-order chi connectivity index (χ1) is 8.58. The topological polar surface area (TPSA) is 12.0 Å². The minimum absolute atomic E-state index is 0.584. The minimum atomic E-state index is 0.584. The van der Waals surface area contributed by atoms with E-state index >= 15 is 0 Å². The molecule has 1 heterocycles. The molecule has 0 aliphatic carbocycles. The summed E-state index contributed by atoms with van der Waals surface area (Å²) in [6.45, 7) is 9.10. The van der Waals surface area contributed by atoms with Gasteiger partial charge in [0.05, 0.1) is 0 Å². The van der Waals surface area contributed by atoms with Crippen LogP contribution in [0.2, 0.25) is 0 Å². The van der Waals surface area contributed by atoms with Crippen LogP contribution in [0.1, 0.15) is 57.1 Å². The van der Waals surface area contributed by atoms with E-state index in [1.54, 1.807) is 0 Å². The van der Waals surface area contributed by atoms with Crippen LogP contribution in [0.25, 0.3) is 0 Å². The summed E-state index contributed by atoms with van der Waals surface area (Å²) in [5, 5.41) is 3.74. The van der Waals surface area contributed by atoms with E-state index in [9.17, 15) is 0 Å². The molecule has 100 valence electrons. The van der Waals surface area contributed by atoms with Gasteiger partial charge >= 0.3 is 0 Å². The van der Waals surface area contributed by atoms with E-state index in [0.717, 1.165) is 0 Å². The molecule has 0 spiro atoms. The molecule has 1 saturated heterocycles. The van der Waals surface area contributed by atoms with Crippen LogP contribution in [0.3, 0.4) is 0 Å². The van der Waals surface area contributed by atoms with Gasteiger partial charge in [0, 0.05) is 17.5 Å². The van der Waals surface area contributed by atoms with Gasteiger partial charge in [-0.1, -0.05) is 39.8 Å². The van der Waals surface area contributed by atoms with E-state index in [-0.39, 0.29) is 0 Å². The van der Waals surface area contributed by atoms with Crippen molar-refractivity contribution in [2.75, 3.05) is 16.8 Å². The van der Waals surface area contributed by atoms with Crippen molar-refractivity contribution < 1.29 is 0 Å². The lowest BCUT2D eigenvalue weighted by Crippen LogP contribution is -2.19. The predicted molar refractivity (Wildman–Crippen MR) is 84.0 cm³/mol. The summed E-state index contributed by atoms with van der Waals surface area (Å²) in [7, 11) is 0. The third-order valence-electron chi connectivity index (χ3n) is 3.65. The second-order valence-corrected chi connectivity index (χ2v) is 7.01. The van der Waals surface area contributed by atoms with E-state index < -0.39 is 0 Å². The fourth-order valence-electron chi connectivity index (χ4n) is 2.42. The van der Waals surface area contributed by atoms with Gasteiger partial charge in [0.2, 0.25) is 0 Å². The van der Waals surface area contributed by atoms with Crippen molar-refractivity contribution in [1.29, 1.82) is 0 Å². The van der Waals surface area contributed by atoms with E-state index in [2.05, 4.69) is 63.0 Å². The van der Waals surface area contributed by atoms with Crippen LogP contribution in [0.15, 0.2) is 18.2 Å². The first kappa shape index (κ1) is 13.8. The largest absolute Gasteiger partial charge is 0.381 e. The molecule has 0 amide bonds. The van der Waals surface area contributed by atoms with Crippen LogP contribution in [-0.2, 0) is 0 Å². The molecule has 1 aromatic carbocycles. The van der Waals surface area contributed by atoms with Gasteiger partial charge in [-0.15, -0.1) is 0 Å². The molecule has 1 aromatic rings. The summed E-state index contributed by atoms with van der Waals surface area (Å²) in [4.78, 5) is 0. The third kappa shape index (κ3) is 3.23. The number of anilines is 1. The van der Waals surface area contributed by atoms with E-state index in [1.807, 2.05) is 0 Å². The van der Waals surface area contributed by atoms with Gasteiger partial charge in [0.1, 0.15) is 0 Å². The van der Waals surface area contributed by atoms with Gasteiger partial charge in [-0.25, -0.2) is 0 Å². The Morgan fingerprint density at radius 3 is 2.50 bits per heavy atom. The maximum absolute atomic E-state index is 3.74. The molecule has 1 nitrogen and oxygen atoms in total. The van der Waals surface area contributed by atoms with Crippen LogP contribution >= 0.6 is 11.8 Å². The quantitative estimate of drug-likeness (QED) is 0.833. The number of hydrogen-bond donors (Lipinski definition) is 1. The van der Waals surface area contributed by atoms with E-state index in [0.29, 0.717) is 17.9 Å². The molecule has 1 aliphatic heterocycles. The molecule has 0 radical (unpaired) electrons. The molecule has 1 atom stereocenters.